The van der Waals surface area contributed by atoms with Crippen molar-refractivity contribution in [3.8, 4) is 11.4 Å². The Bertz CT molecular complexity index is 728. The summed E-state index contributed by atoms with van der Waals surface area (Å²) in [4.78, 5) is 4.51. The van der Waals surface area contributed by atoms with Crippen LogP contribution in [0, 0.1) is 13.8 Å². The van der Waals surface area contributed by atoms with Crippen LogP contribution in [0.1, 0.15) is 11.1 Å². The van der Waals surface area contributed by atoms with E-state index in [2.05, 4.69) is 28.4 Å². The molecule has 0 amide bonds. The lowest BCUT2D eigenvalue weighted by atomic mass is 10.1. The van der Waals surface area contributed by atoms with E-state index in [1.165, 1.54) is 5.56 Å². The lowest BCUT2D eigenvalue weighted by Crippen LogP contribution is -1.92. The summed E-state index contributed by atoms with van der Waals surface area (Å²) < 4.78 is 2.06. The quantitative estimate of drug-likeness (QED) is 0.636. The van der Waals surface area contributed by atoms with Gasteiger partial charge in [0.25, 0.3) is 0 Å². The van der Waals surface area contributed by atoms with Crippen molar-refractivity contribution in [2.45, 2.75) is 13.8 Å². The molecule has 1 aromatic carbocycles. The molecule has 0 saturated carbocycles. The van der Waals surface area contributed by atoms with Gasteiger partial charge in [-0.2, -0.15) is 0 Å². The molecule has 0 fully saturated rings. The van der Waals surface area contributed by atoms with Crippen LogP contribution < -0.4 is 0 Å². The summed E-state index contributed by atoms with van der Waals surface area (Å²) in [6.07, 6.45) is 2.00. The first-order chi connectivity index (χ1) is 8.68. The number of imidazole rings is 1. The van der Waals surface area contributed by atoms with Crippen molar-refractivity contribution in [1.82, 2.24) is 9.38 Å². The number of aryl methyl sites for hydroxylation is 2. The summed E-state index contributed by atoms with van der Waals surface area (Å²) in [7, 11) is 0. The van der Waals surface area contributed by atoms with E-state index in [4.69, 9.17) is 11.6 Å². The number of hydrogen-bond acceptors (Lipinski definition) is 1. The molecule has 2 heterocycles. The van der Waals surface area contributed by atoms with Gasteiger partial charge in [-0.05, 0) is 31.0 Å². The van der Waals surface area contributed by atoms with E-state index in [1.54, 1.807) is 0 Å². The minimum atomic E-state index is 0.561. The van der Waals surface area contributed by atoms with Crippen molar-refractivity contribution < 1.29 is 0 Å². The number of nitrogens with zero attached hydrogens (tertiary/aromatic N) is 2. The van der Waals surface area contributed by atoms with Gasteiger partial charge in [-0.25, -0.2) is 4.98 Å². The van der Waals surface area contributed by atoms with Crippen LogP contribution in [-0.2, 0) is 0 Å². The van der Waals surface area contributed by atoms with Gasteiger partial charge in [-0.3, -0.25) is 4.40 Å². The lowest BCUT2D eigenvalue weighted by Gasteiger charge is -2.05. The highest BCUT2D eigenvalue weighted by Crippen LogP contribution is 2.29. The fourth-order valence-corrected chi connectivity index (χ4v) is 2.59. The third kappa shape index (κ3) is 1.61. The standard InChI is InChI=1S/C15H13ClN2/c1-10-6-3-4-8-12(10)15-17-14(16)13-11(2)7-5-9-18(13)15/h3-9H,1-2H3. The zero-order valence-corrected chi connectivity index (χ0v) is 11.1. The number of hydrogen-bond donors (Lipinski definition) is 0. The second-order valence-corrected chi connectivity index (χ2v) is 4.81. The maximum Gasteiger partial charge on any atom is 0.155 e. The number of halogens is 1. The molecule has 0 aliphatic heterocycles. The monoisotopic (exact) mass is 256 g/mol. The average molecular weight is 257 g/mol. The Labute approximate surface area is 111 Å². The number of fused-ring (bicyclic) bond motifs is 1. The van der Waals surface area contributed by atoms with Gasteiger partial charge in [0.05, 0.1) is 5.52 Å². The van der Waals surface area contributed by atoms with E-state index in [0.29, 0.717) is 5.15 Å². The normalized spacial score (nSPS) is 11.1. The Morgan fingerprint density at radius 3 is 2.50 bits per heavy atom. The number of benzene rings is 1. The molecule has 0 unspecified atom stereocenters. The van der Waals surface area contributed by atoms with E-state index < -0.39 is 0 Å². The van der Waals surface area contributed by atoms with Crippen molar-refractivity contribution in [2.24, 2.45) is 0 Å². The third-order valence-electron chi connectivity index (χ3n) is 3.21. The van der Waals surface area contributed by atoms with Crippen LogP contribution in [0.5, 0.6) is 0 Å². The Morgan fingerprint density at radius 1 is 1.00 bits per heavy atom. The molecule has 2 aromatic heterocycles. The van der Waals surface area contributed by atoms with Crippen molar-refractivity contribution in [1.29, 1.82) is 0 Å². The molecular formula is C15H13ClN2. The molecule has 3 rings (SSSR count). The summed E-state index contributed by atoms with van der Waals surface area (Å²) in [5.74, 6) is 0.900. The number of pyridine rings is 1. The van der Waals surface area contributed by atoms with Crippen molar-refractivity contribution in [3.63, 3.8) is 0 Å². The number of rotatable bonds is 1. The van der Waals surface area contributed by atoms with Gasteiger partial charge in [0, 0.05) is 11.8 Å². The second-order valence-electron chi connectivity index (χ2n) is 4.45. The Hall–Kier alpha value is -1.80. The van der Waals surface area contributed by atoms with Gasteiger partial charge >= 0.3 is 0 Å². The highest BCUT2D eigenvalue weighted by Gasteiger charge is 2.13. The lowest BCUT2D eigenvalue weighted by molar-refractivity contribution is 1.14. The van der Waals surface area contributed by atoms with E-state index in [9.17, 15) is 0 Å². The first-order valence-corrected chi connectivity index (χ1v) is 6.25. The molecule has 18 heavy (non-hydrogen) atoms. The van der Waals surface area contributed by atoms with E-state index in [0.717, 1.165) is 22.5 Å². The fraction of sp³-hybridized carbons (Fsp3) is 0.133. The number of aromatic nitrogens is 2. The van der Waals surface area contributed by atoms with Crippen LogP contribution >= 0.6 is 11.6 Å². The SMILES string of the molecule is Cc1ccccc1-c1nc(Cl)c2c(C)cccn12. The molecule has 0 aliphatic rings. The van der Waals surface area contributed by atoms with Crippen LogP contribution in [0.25, 0.3) is 16.9 Å². The van der Waals surface area contributed by atoms with Gasteiger partial charge in [0.2, 0.25) is 0 Å². The fourth-order valence-electron chi connectivity index (χ4n) is 2.27. The van der Waals surface area contributed by atoms with E-state index >= 15 is 0 Å². The smallest absolute Gasteiger partial charge is 0.155 e. The maximum absolute atomic E-state index is 6.25. The van der Waals surface area contributed by atoms with Crippen LogP contribution in [0.4, 0.5) is 0 Å². The Balaban J connectivity index is 2.38. The molecule has 3 aromatic rings. The molecule has 0 saturated heterocycles. The van der Waals surface area contributed by atoms with Gasteiger partial charge < -0.3 is 0 Å². The van der Waals surface area contributed by atoms with E-state index in [1.807, 2.05) is 37.4 Å². The summed E-state index contributed by atoms with van der Waals surface area (Å²) in [6.45, 7) is 4.13. The first kappa shape index (κ1) is 11.3. The Morgan fingerprint density at radius 2 is 1.72 bits per heavy atom. The third-order valence-corrected chi connectivity index (χ3v) is 3.47. The van der Waals surface area contributed by atoms with E-state index in [-0.39, 0.29) is 0 Å². The largest absolute Gasteiger partial charge is 0.298 e. The summed E-state index contributed by atoms with van der Waals surface area (Å²) in [5.41, 5.74) is 4.43. The molecule has 0 spiro atoms. The second kappa shape index (κ2) is 4.14. The van der Waals surface area contributed by atoms with Crippen LogP contribution in [0.3, 0.4) is 0 Å². The molecule has 0 bridgehead atoms. The zero-order chi connectivity index (χ0) is 12.7. The van der Waals surface area contributed by atoms with Gasteiger partial charge in [-0.1, -0.05) is 41.9 Å². The molecule has 0 radical (unpaired) electrons. The predicted octanol–water partition coefficient (Wildman–Crippen LogP) is 4.27. The first-order valence-electron chi connectivity index (χ1n) is 5.87. The average Bonchev–Trinajstić information content (AvgIpc) is 2.69. The minimum Gasteiger partial charge on any atom is -0.298 e. The van der Waals surface area contributed by atoms with Crippen molar-refractivity contribution >= 4 is 17.1 Å². The molecule has 0 N–H and O–H groups in total. The van der Waals surface area contributed by atoms with Crippen LogP contribution in [0.15, 0.2) is 42.6 Å². The summed E-state index contributed by atoms with van der Waals surface area (Å²) >= 11 is 6.25. The van der Waals surface area contributed by atoms with Gasteiger partial charge in [0.1, 0.15) is 5.82 Å². The van der Waals surface area contributed by atoms with Gasteiger partial charge in [-0.15, -0.1) is 0 Å². The summed E-state index contributed by atoms with van der Waals surface area (Å²) in [6, 6.07) is 12.3. The molecule has 90 valence electrons. The predicted molar refractivity (Wildman–Crippen MR) is 75.1 cm³/mol. The summed E-state index contributed by atoms with van der Waals surface area (Å²) in [5, 5.41) is 0.561. The highest BCUT2D eigenvalue weighted by atomic mass is 35.5. The molecule has 2 nitrogen and oxygen atoms in total. The Kier molecular flexibility index (Phi) is 2.60. The highest BCUT2D eigenvalue weighted by molar-refractivity contribution is 6.33. The van der Waals surface area contributed by atoms with Gasteiger partial charge in [0.15, 0.2) is 5.15 Å². The zero-order valence-electron chi connectivity index (χ0n) is 10.3. The van der Waals surface area contributed by atoms with Crippen molar-refractivity contribution in [3.05, 3.63) is 58.9 Å². The molecule has 0 atom stereocenters. The van der Waals surface area contributed by atoms with Crippen LogP contribution in [-0.4, -0.2) is 9.38 Å². The molecule has 3 heteroatoms. The maximum atomic E-state index is 6.25. The van der Waals surface area contributed by atoms with Crippen molar-refractivity contribution in [2.75, 3.05) is 0 Å². The molecule has 0 aliphatic carbocycles. The minimum absolute atomic E-state index is 0.561. The topological polar surface area (TPSA) is 17.3 Å². The van der Waals surface area contributed by atoms with Crippen LogP contribution in [0.2, 0.25) is 5.15 Å². The molecular weight excluding hydrogens is 244 g/mol.